The highest BCUT2D eigenvalue weighted by Gasteiger charge is 2.41. The first-order valence-electron chi connectivity index (χ1n) is 8.46. The molecule has 23 heavy (non-hydrogen) atoms. The molecule has 0 aromatic heterocycles. The molecule has 0 saturated carbocycles. The van der Waals surface area contributed by atoms with E-state index in [0.717, 1.165) is 56.1 Å². The summed E-state index contributed by atoms with van der Waals surface area (Å²) in [7, 11) is 0. The van der Waals surface area contributed by atoms with Gasteiger partial charge in [-0.3, -0.25) is 0 Å². The van der Waals surface area contributed by atoms with Crippen LogP contribution in [0, 0.1) is 0 Å². The first kappa shape index (κ1) is 15.0. The van der Waals surface area contributed by atoms with Crippen LogP contribution in [0.15, 0.2) is 48.5 Å². The van der Waals surface area contributed by atoms with Crippen molar-refractivity contribution in [1.29, 1.82) is 0 Å². The van der Waals surface area contributed by atoms with Gasteiger partial charge in [0.15, 0.2) is 0 Å². The third kappa shape index (κ3) is 3.24. The number of halogens is 1. The van der Waals surface area contributed by atoms with Crippen molar-refractivity contribution in [2.45, 2.75) is 31.3 Å². The summed E-state index contributed by atoms with van der Waals surface area (Å²) in [6.07, 6.45) is 4.42. The third-order valence-electron chi connectivity index (χ3n) is 5.21. The van der Waals surface area contributed by atoms with Crippen molar-refractivity contribution in [1.82, 2.24) is 4.90 Å². The van der Waals surface area contributed by atoms with E-state index in [9.17, 15) is 0 Å². The lowest BCUT2D eigenvalue weighted by Crippen LogP contribution is -2.47. The number of fused-ring (bicyclic) bond motifs is 1. The molecule has 2 aliphatic rings. The number of nitrogens with zero attached hydrogens (tertiary/aromatic N) is 1. The van der Waals surface area contributed by atoms with Crippen molar-refractivity contribution in [3.8, 4) is 5.75 Å². The molecule has 0 radical (unpaired) electrons. The molecular formula is C20H22ClNO. The minimum atomic E-state index is 0.0560. The minimum Gasteiger partial charge on any atom is -0.487 e. The summed E-state index contributed by atoms with van der Waals surface area (Å²) < 4.78 is 6.32. The predicted molar refractivity (Wildman–Crippen MR) is 94.3 cm³/mol. The van der Waals surface area contributed by atoms with Gasteiger partial charge in [0, 0.05) is 43.9 Å². The standard InChI is InChI=1S/C20H22ClNO/c21-18-7-5-16(6-8-18)9-12-22-13-10-20(11-14-22)15-17-3-1-2-4-19(17)23-20/h1-8H,9-15H2. The van der Waals surface area contributed by atoms with Gasteiger partial charge in [0.1, 0.15) is 11.4 Å². The lowest BCUT2D eigenvalue weighted by atomic mass is 9.87. The van der Waals surface area contributed by atoms with E-state index in [1.54, 1.807) is 0 Å². The molecule has 0 amide bonds. The normalized spacial score (nSPS) is 19.5. The van der Waals surface area contributed by atoms with Crippen LogP contribution in [0.5, 0.6) is 5.75 Å². The molecule has 0 aliphatic carbocycles. The van der Waals surface area contributed by atoms with Gasteiger partial charge in [-0.05, 0) is 35.7 Å². The molecule has 1 saturated heterocycles. The van der Waals surface area contributed by atoms with Crippen LogP contribution in [0.4, 0.5) is 0 Å². The van der Waals surface area contributed by atoms with Crippen LogP contribution in [0.2, 0.25) is 5.02 Å². The van der Waals surface area contributed by atoms with Gasteiger partial charge in [0.25, 0.3) is 0 Å². The van der Waals surface area contributed by atoms with E-state index in [1.807, 2.05) is 12.1 Å². The second-order valence-corrected chi connectivity index (χ2v) is 7.22. The molecule has 2 heterocycles. The number of likely N-dealkylation sites (tertiary alicyclic amines) is 1. The zero-order valence-corrected chi connectivity index (χ0v) is 14.1. The molecule has 2 aliphatic heterocycles. The summed E-state index contributed by atoms with van der Waals surface area (Å²) in [5, 5.41) is 0.812. The highest BCUT2D eigenvalue weighted by molar-refractivity contribution is 6.30. The van der Waals surface area contributed by atoms with Crippen LogP contribution >= 0.6 is 11.6 Å². The smallest absolute Gasteiger partial charge is 0.123 e. The largest absolute Gasteiger partial charge is 0.487 e. The fourth-order valence-electron chi connectivity index (χ4n) is 3.77. The Morgan fingerprint density at radius 2 is 1.74 bits per heavy atom. The Hall–Kier alpha value is -1.51. The maximum absolute atomic E-state index is 6.32. The van der Waals surface area contributed by atoms with Crippen molar-refractivity contribution >= 4 is 11.6 Å². The molecule has 0 atom stereocenters. The number of hydrogen-bond donors (Lipinski definition) is 0. The number of ether oxygens (including phenoxy) is 1. The third-order valence-corrected chi connectivity index (χ3v) is 5.46. The van der Waals surface area contributed by atoms with E-state index < -0.39 is 0 Å². The van der Waals surface area contributed by atoms with Crippen LogP contribution in [0.25, 0.3) is 0 Å². The zero-order chi connectivity index (χ0) is 15.7. The highest BCUT2D eigenvalue weighted by atomic mass is 35.5. The monoisotopic (exact) mass is 327 g/mol. The molecule has 4 rings (SSSR count). The van der Waals surface area contributed by atoms with Crippen LogP contribution in [-0.4, -0.2) is 30.1 Å². The molecule has 0 bridgehead atoms. The van der Waals surface area contributed by atoms with Gasteiger partial charge < -0.3 is 9.64 Å². The maximum Gasteiger partial charge on any atom is 0.123 e. The van der Waals surface area contributed by atoms with E-state index in [0.29, 0.717) is 0 Å². The Morgan fingerprint density at radius 1 is 1.00 bits per heavy atom. The highest BCUT2D eigenvalue weighted by Crippen LogP contribution is 2.40. The number of rotatable bonds is 3. The van der Waals surface area contributed by atoms with Gasteiger partial charge >= 0.3 is 0 Å². The number of hydrogen-bond acceptors (Lipinski definition) is 2. The topological polar surface area (TPSA) is 12.5 Å². The SMILES string of the molecule is Clc1ccc(CCN2CCC3(CC2)Cc2ccccc2O3)cc1. The van der Waals surface area contributed by atoms with Crippen LogP contribution in [0.1, 0.15) is 24.0 Å². The zero-order valence-electron chi connectivity index (χ0n) is 13.3. The quantitative estimate of drug-likeness (QED) is 0.831. The number of benzene rings is 2. The van der Waals surface area contributed by atoms with Crippen molar-refractivity contribution in [3.63, 3.8) is 0 Å². The van der Waals surface area contributed by atoms with E-state index in [4.69, 9.17) is 16.3 Å². The van der Waals surface area contributed by atoms with Crippen molar-refractivity contribution in [3.05, 3.63) is 64.7 Å². The summed E-state index contributed by atoms with van der Waals surface area (Å²) >= 11 is 5.94. The van der Waals surface area contributed by atoms with Gasteiger partial charge in [-0.15, -0.1) is 0 Å². The van der Waals surface area contributed by atoms with Gasteiger partial charge in [-0.2, -0.15) is 0 Å². The van der Waals surface area contributed by atoms with Crippen molar-refractivity contribution in [2.24, 2.45) is 0 Å². The minimum absolute atomic E-state index is 0.0560. The van der Waals surface area contributed by atoms with Gasteiger partial charge in [-0.1, -0.05) is 41.9 Å². The average molecular weight is 328 g/mol. The van der Waals surface area contributed by atoms with Crippen LogP contribution < -0.4 is 4.74 Å². The molecule has 0 unspecified atom stereocenters. The van der Waals surface area contributed by atoms with Crippen LogP contribution in [0.3, 0.4) is 0 Å². The fourth-order valence-corrected chi connectivity index (χ4v) is 3.89. The maximum atomic E-state index is 6.32. The van der Waals surface area contributed by atoms with E-state index in [2.05, 4.69) is 41.3 Å². The first-order chi connectivity index (χ1) is 11.2. The van der Waals surface area contributed by atoms with Crippen LogP contribution in [-0.2, 0) is 12.8 Å². The second kappa shape index (κ2) is 6.18. The predicted octanol–water partition coefficient (Wildman–Crippen LogP) is 4.35. The van der Waals surface area contributed by atoms with Gasteiger partial charge in [0.05, 0.1) is 0 Å². The summed E-state index contributed by atoms with van der Waals surface area (Å²) in [5.74, 6) is 1.10. The summed E-state index contributed by atoms with van der Waals surface area (Å²) in [6, 6.07) is 16.7. The average Bonchev–Trinajstić information content (AvgIpc) is 2.94. The molecule has 0 N–H and O–H groups in total. The summed E-state index contributed by atoms with van der Waals surface area (Å²) in [4.78, 5) is 2.56. The molecule has 120 valence electrons. The van der Waals surface area contributed by atoms with E-state index in [1.165, 1.54) is 11.1 Å². The van der Waals surface area contributed by atoms with Gasteiger partial charge in [0.2, 0.25) is 0 Å². The van der Waals surface area contributed by atoms with Crippen molar-refractivity contribution < 1.29 is 4.74 Å². The Morgan fingerprint density at radius 3 is 2.48 bits per heavy atom. The Labute approximate surface area is 143 Å². The Bertz CT molecular complexity index is 647. The Balaban J connectivity index is 1.31. The number of para-hydroxylation sites is 1. The first-order valence-corrected chi connectivity index (χ1v) is 8.84. The summed E-state index contributed by atoms with van der Waals surface area (Å²) in [5.41, 5.74) is 2.79. The Kier molecular flexibility index (Phi) is 4.04. The van der Waals surface area contributed by atoms with E-state index in [-0.39, 0.29) is 5.60 Å². The molecule has 2 aromatic carbocycles. The fraction of sp³-hybridized carbons (Fsp3) is 0.400. The second-order valence-electron chi connectivity index (χ2n) is 6.79. The molecular weight excluding hydrogens is 306 g/mol. The lowest BCUT2D eigenvalue weighted by Gasteiger charge is -2.38. The number of piperidine rings is 1. The molecule has 1 fully saturated rings. The molecule has 2 nitrogen and oxygen atoms in total. The van der Waals surface area contributed by atoms with E-state index >= 15 is 0 Å². The lowest BCUT2D eigenvalue weighted by molar-refractivity contribution is 0.0198. The molecule has 2 aromatic rings. The van der Waals surface area contributed by atoms with Gasteiger partial charge in [-0.25, -0.2) is 0 Å². The molecule has 3 heteroatoms. The summed E-state index contributed by atoms with van der Waals surface area (Å²) in [6.45, 7) is 3.37. The van der Waals surface area contributed by atoms with Crippen molar-refractivity contribution in [2.75, 3.05) is 19.6 Å². The molecule has 1 spiro atoms.